The minimum absolute atomic E-state index is 0.336. The number of nitrogens with zero attached hydrogens (tertiary/aromatic N) is 2. The topological polar surface area (TPSA) is 38.9 Å². The Labute approximate surface area is 354 Å². The largest absolute Gasteiger partial charge is 0.455 e. The third-order valence-electron chi connectivity index (χ3n) is 12.7. The van der Waals surface area contributed by atoms with Gasteiger partial charge in [-0.05, 0) is 105 Å². The quantitative estimate of drug-likeness (QED) is 0.169. The van der Waals surface area contributed by atoms with Crippen molar-refractivity contribution in [2.45, 2.75) is 12.3 Å². The molecule has 3 heteroatoms. The summed E-state index contributed by atoms with van der Waals surface area (Å²) in [5.41, 5.74) is 16.9. The van der Waals surface area contributed by atoms with E-state index < -0.39 is 0 Å². The van der Waals surface area contributed by atoms with E-state index in [1.165, 1.54) is 33.2 Å². The Morgan fingerprint density at radius 1 is 0.377 bits per heavy atom. The molecule has 12 rings (SSSR count). The number of rotatable bonds is 6. The molecule has 0 saturated carbocycles. The van der Waals surface area contributed by atoms with Gasteiger partial charge in [-0.25, -0.2) is 9.97 Å². The molecule has 0 aliphatic heterocycles. The van der Waals surface area contributed by atoms with Crippen LogP contribution in [0.1, 0.15) is 23.6 Å². The van der Waals surface area contributed by atoms with Crippen LogP contribution in [0.4, 0.5) is 0 Å². The molecule has 0 spiro atoms. The molecule has 0 N–H and O–H groups in total. The molecule has 3 nitrogen and oxygen atoms in total. The van der Waals surface area contributed by atoms with Crippen LogP contribution in [0.25, 0.3) is 100.0 Å². The molecule has 61 heavy (non-hydrogen) atoms. The molecule has 2 aromatic heterocycles. The highest BCUT2D eigenvalue weighted by Gasteiger charge is 2.40. The third-order valence-corrected chi connectivity index (χ3v) is 12.7. The molecule has 2 heterocycles. The van der Waals surface area contributed by atoms with Gasteiger partial charge in [0, 0.05) is 38.4 Å². The minimum atomic E-state index is -0.336. The van der Waals surface area contributed by atoms with Gasteiger partial charge in [-0.3, -0.25) is 0 Å². The summed E-state index contributed by atoms with van der Waals surface area (Å²) in [5, 5.41) is 4.54. The first-order valence-electron chi connectivity index (χ1n) is 20.9. The fourth-order valence-electron chi connectivity index (χ4n) is 9.64. The van der Waals surface area contributed by atoms with Crippen molar-refractivity contribution in [1.29, 1.82) is 0 Å². The van der Waals surface area contributed by atoms with Crippen LogP contribution >= 0.6 is 0 Å². The van der Waals surface area contributed by atoms with Crippen molar-refractivity contribution in [2.24, 2.45) is 0 Å². The number of benzene rings is 9. The Bertz CT molecular complexity index is 3490. The van der Waals surface area contributed by atoms with Gasteiger partial charge in [0.1, 0.15) is 11.2 Å². The van der Waals surface area contributed by atoms with Crippen LogP contribution in [0.15, 0.2) is 217 Å². The zero-order valence-electron chi connectivity index (χ0n) is 33.5. The van der Waals surface area contributed by atoms with Crippen molar-refractivity contribution in [3.8, 4) is 67.3 Å². The number of fused-ring (bicyclic) bond motifs is 7. The van der Waals surface area contributed by atoms with Crippen LogP contribution in [-0.2, 0) is 5.41 Å². The molecule has 0 radical (unpaired) electrons. The second-order valence-corrected chi connectivity index (χ2v) is 16.3. The molecule has 1 aliphatic carbocycles. The van der Waals surface area contributed by atoms with Crippen LogP contribution in [-0.4, -0.2) is 9.97 Å². The van der Waals surface area contributed by atoms with Crippen LogP contribution in [0, 0.1) is 0 Å². The lowest BCUT2D eigenvalue weighted by Crippen LogP contribution is -2.22. The summed E-state index contributed by atoms with van der Waals surface area (Å²) in [6, 6.07) is 75.9. The maximum atomic E-state index is 6.60. The van der Waals surface area contributed by atoms with E-state index in [-0.39, 0.29) is 5.41 Å². The molecule has 0 amide bonds. The highest BCUT2D eigenvalue weighted by molar-refractivity contribution is 6.10. The Hall–Kier alpha value is -7.88. The van der Waals surface area contributed by atoms with Gasteiger partial charge < -0.3 is 4.42 Å². The fraction of sp³-hybridized carbons (Fsp3) is 0.0345. The van der Waals surface area contributed by atoms with Gasteiger partial charge in [0.25, 0.3) is 0 Å². The first-order chi connectivity index (χ1) is 30.1. The minimum Gasteiger partial charge on any atom is -0.455 e. The summed E-state index contributed by atoms with van der Waals surface area (Å²) in [6.07, 6.45) is 0. The summed E-state index contributed by atoms with van der Waals surface area (Å²) in [5.74, 6) is 0.680. The third kappa shape index (κ3) is 5.73. The van der Waals surface area contributed by atoms with Crippen molar-refractivity contribution >= 4 is 32.7 Å². The Morgan fingerprint density at radius 3 is 1.89 bits per heavy atom. The highest BCUT2D eigenvalue weighted by Crippen LogP contribution is 2.53. The van der Waals surface area contributed by atoms with Gasteiger partial charge in [0.05, 0.1) is 11.4 Å². The molecule has 1 unspecified atom stereocenters. The normalized spacial score (nSPS) is 14.4. The van der Waals surface area contributed by atoms with Crippen molar-refractivity contribution < 1.29 is 4.42 Å². The molecule has 9 aromatic carbocycles. The molecular formula is C58H38N2O. The van der Waals surface area contributed by atoms with E-state index in [4.69, 9.17) is 14.4 Å². The van der Waals surface area contributed by atoms with Gasteiger partial charge in [-0.15, -0.1) is 0 Å². The van der Waals surface area contributed by atoms with Crippen molar-refractivity contribution in [3.05, 3.63) is 229 Å². The molecular weight excluding hydrogens is 741 g/mol. The molecule has 1 aliphatic rings. The van der Waals surface area contributed by atoms with Crippen molar-refractivity contribution in [3.63, 3.8) is 0 Å². The molecule has 0 fully saturated rings. The summed E-state index contributed by atoms with van der Waals surface area (Å²) in [6.45, 7) is 2.36. The predicted molar refractivity (Wildman–Crippen MR) is 251 cm³/mol. The van der Waals surface area contributed by atoms with Crippen LogP contribution < -0.4 is 0 Å². The highest BCUT2D eigenvalue weighted by atomic mass is 16.3. The van der Waals surface area contributed by atoms with E-state index in [0.29, 0.717) is 5.82 Å². The molecule has 11 aromatic rings. The first kappa shape index (κ1) is 35.1. The summed E-state index contributed by atoms with van der Waals surface area (Å²) in [7, 11) is 0. The Balaban J connectivity index is 1.09. The van der Waals surface area contributed by atoms with Gasteiger partial charge in [0.2, 0.25) is 0 Å². The average molecular weight is 779 g/mol. The summed E-state index contributed by atoms with van der Waals surface area (Å²) < 4.78 is 6.60. The maximum absolute atomic E-state index is 6.60. The lowest BCUT2D eigenvalue weighted by molar-refractivity contribution is 0.670. The monoisotopic (exact) mass is 778 g/mol. The SMILES string of the molecule is CC1(c2ccccc2)c2ccccc2-c2ccc(-c3cc(-c4cc(-c5ccccc5)cc(-c5cccc6c5oc5ccccc56)c4)nc(-c4ccc5ccccc5c4)n3)cc21. The van der Waals surface area contributed by atoms with Crippen LogP contribution in [0.5, 0.6) is 0 Å². The zero-order chi connectivity index (χ0) is 40.5. The average Bonchev–Trinajstić information content (AvgIpc) is 3.84. The second-order valence-electron chi connectivity index (χ2n) is 16.3. The van der Waals surface area contributed by atoms with Gasteiger partial charge >= 0.3 is 0 Å². The number of hydrogen-bond acceptors (Lipinski definition) is 3. The first-order valence-corrected chi connectivity index (χ1v) is 20.9. The fourth-order valence-corrected chi connectivity index (χ4v) is 9.64. The van der Waals surface area contributed by atoms with Crippen molar-refractivity contribution in [2.75, 3.05) is 0 Å². The van der Waals surface area contributed by atoms with Crippen LogP contribution in [0.3, 0.4) is 0 Å². The second kappa shape index (κ2) is 13.9. The molecule has 286 valence electrons. The molecule has 1 atom stereocenters. The maximum Gasteiger partial charge on any atom is 0.160 e. The van der Waals surface area contributed by atoms with Crippen molar-refractivity contribution in [1.82, 2.24) is 9.97 Å². The number of para-hydroxylation sites is 2. The number of hydrogen-bond donors (Lipinski definition) is 0. The van der Waals surface area contributed by atoms with E-state index in [1.807, 2.05) is 12.1 Å². The van der Waals surface area contributed by atoms with E-state index in [0.717, 1.165) is 77.7 Å². The van der Waals surface area contributed by atoms with E-state index in [1.54, 1.807) is 0 Å². The number of furan rings is 1. The summed E-state index contributed by atoms with van der Waals surface area (Å²) in [4.78, 5) is 10.8. The lowest BCUT2D eigenvalue weighted by atomic mass is 9.74. The van der Waals surface area contributed by atoms with Gasteiger partial charge in [-0.2, -0.15) is 0 Å². The number of aromatic nitrogens is 2. The van der Waals surface area contributed by atoms with E-state index in [2.05, 4.69) is 207 Å². The summed E-state index contributed by atoms with van der Waals surface area (Å²) >= 11 is 0. The Morgan fingerprint density at radius 2 is 1.02 bits per heavy atom. The standard InChI is InChI=1S/C58H38N2O/c1-58(45-19-6-3-7-20-45)51-25-12-10-21-47(51)48-30-29-40(35-52(48)58)53-36-54(60-57(59-53)41-28-27-38-17-8-9-18-39(38)31-41)44-33-42(37-15-4-2-5-16-37)32-43(34-44)46-23-14-24-50-49-22-11-13-26-55(49)61-56(46)50/h2-36H,1H3. The van der Waals surface area contributed by atoms with E-state index in [9.17, 15) is 0 Å². The molecule has 0 saturated heterocycles. The zero-order valence-corrected chi connectivity index (χ0v) is 33.5. The predicted octanol–water partition coefficient (Wildman–Crippen LogP) is 15.2. The van der Waals surface area contributed by atoms with Gasteiger partial charge in [-0.1, -0.05) is 170 Å². The van der Waals surface area contributed by atoms with Crippen LogP contribution in [0.2, 0.25) is 0 Å². The Kier molecular flexibility index (Phi) is 7.98. The van der Waals surface area contributed by atoms with Gasteiger partial charge in [0.15, 0.2) is 5.82 Å². The molecule has 0 bridgehead atoms. The lowest BCUT2D eigenvalue weighted by Gasteiger charge is -2.28. The smallest absolute Gasteiger partial charge is 0.160 e. The van der Waals surface area contributed by atoms with E-state index >= 15 is 0 Å².